The van der Waals surface area contributed by atoms with E-state index in [1.807, 2.05) is 0 Å². The van der Waals surface area contributed by atoms with Crippen LogP contribution in [0.25, 0.3) is 0 Å². The molecule has 0 aliphatic carbocycles. The number of aromatic nitrogens is 1. The van der Waals surface area contributed by atoms with E-state index in [0.717, 1.165) is 5.56 Å². The number of carbonyl (C=O) groups is 1. The van der Waals surface area contributed by atoms with Crippen LogP contribution >= 0.6 is 23.2 Å². The van der Waals surface area contributed by atoms with Gasteiger partial charge in [-0.15, -0.1) is 0 Å². The number of carbonyl (C=O) groups excluding carboxylic acids is 1. The molecule has 8 heteroatoms. The van der Waals surface area contributed by atoms with Crippen molar-refractivity contribution in [3.8, 4) is 0 Å². The summed E-state index contributed by atoms with van der Waals surface area (Å²) in [4.78, 5) is 24.2. The average molecular weight is 383 g/mol. The molecule has 1 aliphatic heterocycles. The van der Waals surface area contributed by atoms with Crippen molar-refractivity contribution in [1.82, 2.24) is 4.57 Å². The molecular formula is C17H16Cl2N2O4. The lowest BCUT2D eigenvalue weighted by Crippen LogP contribution is -2.39. The molecule has 1 saturated heterocycles. The highest BCUT2D eigenvalue weighted by atomic mass is 35.5. The highest BCUT2D eigenvalue weighted by molar-refractivity contribution is 6.42. The van der Waals surface area contributed by atoms with E-state index in [9.17, 15) is 9.59 Å². The molecular weight excluding hydrogens is 367 g/mol. The van der Waals surface area contributed by atoms with Gasteiger partial charge in [0.1, 0.15) is 0 Å². The molecule has 132 valence electrons. The molecule has 2 heterocycles. The topological polar surface area (TPSA) is 69.6 Å². The predicted octanol–water partition coefficient (Wildman–Crippen LogP) is 2.56. The van der Waals surface area contributed by atoms with Crippen molar-refractivity contribution in [1.29, 1.82) is 0 Å². The fourth-order valence-corrected chi connectivity index (χ4v) is 2.75. The Bertz CT molecular complexity index is 832. The second-order valence-electron chi connectivity index (χ2n) is 5.56. The molecule has 1 fully saturated rings. The van der Waals surface area contributed by atoms with E-state index in [1.54, 1.807) is 30.5 Å². The van der Waals surface area contributed by atoms with Crippen molar-refractivity contribution >= 4 is 34.8 Å². The molecule has 1 N–H and O–H groups in total. The minimum absolute atomic E-state index is 0.193. The first kappa shape index (κ1) is 17.9. The molecule has 25 heavy (non-hydrogen) atoms. The van der Waals surface area contributed by atoms with Crippen LogP contribution in [0.3, 0.4) is 0 Å². The lowest BCUT2D eigenvalue weighted by Gasteiger charge is -2.22. The van der Waals surface area contributed by atoms with Crippen molar-refractivity contribution in [2.75, 3.05) is 25.1 Å². The molecule has 1 aliphatic rings. The van der Waals surface area contributed by atoms with Crippen molar-refractivity contribution in [3.05, 3.63) is 62.5 Å². The van der Waals surface area contributed by atoms with Gasteiger partial charge < -0.3 is 19.4 Å². The van der Waals surface area contributed by atoms with Gasteiger partial charge in [-0.2, -0.15) is 0 Å². The van der Waals surface area contributed by atoms with Crippen molar-refractivity contribution < 1.29 is 14.3 Å². The van der Waals surface area contributed by atoms with Crippen LogP contribution in [0.1, 0.15) is 5.56 Å². The second kappa shape index (κ2) is 8.01. The van der Waals surface area contributed by atoms with Gasteiger partial charge in [0.15, 0.2) is 6.10 Å². The number of rotatable bonds is 4. The monoisotopic (exact) mass is 382 g/mol. The molecule has 1 amide bonds. The molecule has 0 spiro atoms. The SMILES string of the molecule is O=C(Nc1ccc(=O)n(Cc2ccc(Cl)c(Cl)c2)c1)C1COCCO1. The number of nitrogens with zero attached hydrogens (tertiary/aromatic N) is 1. The lowest BCUT2D eigenvalue weighted by atomic mass is 10.2. The number of benzene rings is 1. The van der Waals surface area contributed by atoms with Crippen LogP contribution < -0.4 is 10.9 Å². The Morgan fingerprint density at radius 1 is 1.20 bits per heavy atom. The minimum Gasteiger partial charge on any atom is -0.376 e. The van der Waals surface area contributed by atoms with E-state index >= 15 is 0 Å². The largest absolute Gasteiger partial charge is 0.376 e. The number of ether oxygens (including phenoxy) is 2. The zero-order chi connectivity index (χ0) is 17.8. The predicted molar refractivity (Wildman–Crippen MR) is 95.5 cm³/mol. The van der Waals surface area contributed by atoms with E-state index in [1.165, 1.54) is 10.6 Å². The van der Waals surface area contributed by atoms with Crippen LogP contribution in [0.5, 0.6) is 0 Å². The molecule has 0 radical (unpaired) electrons. The van der Waals surface area contributed by atoms with Crippen molar-refractivity contribution in [2.24, 2.45) is 0 Å². The van der Waals surface area contributed by atoms with E-state index < -0.39 is 6.10 Å². The van der Waals surface area contributed by atoms with Crippen LogP contribution in [-0.2, 0) is 20.8 Å². The summed E-state index contributed by atoms with van der Waals surface area (Å²) in [6.45, 7) is 1.39. The van der Waals surface area contributed by atoms with Gasteiger partial charge in [0, 0.05) is 12.3 Å². The summed E-state index contributed by atoms with van der Waals surface area (Å²) >= 11 is 11.9. The number of hydrogen-bond acceptors (Lipinski definition) is 4. The number of pyridine rings is 1. The van der Waals surface area contributed by atoms with Crippen LogP contribution in [0.4, 0.5) is 5.69 Å². The molecule has 1 unspecified atom stereocenters. The standard InChI is InChI=1S/C17H16Cl2N2O4/c18-13-3-1-11(7-14(13)19)8-21-9-12(2-4-16(21)22)20-17(23)15-10-24-5-6-25-15/h1-4,7,9,15H,5-6,8,10H2,(H,20,23). The summed E-state index contributed by atoms with van der Waals surface area (Å²) in [5.74, 6) is -0.306. The minimum atomic E-state index is -0.649. The van der Waals surface area contributed by atoms with Gasteiger partial charge in [0.2, 0.25) is 0 Å². The molecule has 2 aromatic rings. The summed E-state index contributed by atoms with van der Waals surface area (Å²) in [7, 11) is 0. The maximum atomic E-state index is 12.2. The Morgan fingerprint density at radius 3 is 2.76 bits per heavy atom. The fourth-order valence-electron chi connectivity index (χ4n) is 2.43. The normalized spacial score (nSPS) is 17.3. The zero-order valence-electron chi connectivity index (χ0n) is 13.2. The van der Waals surface area contributed by atoms with Gasteiger partial charge in [0.05, 0.1) is 42.1 Å². The maximum absolute atomic E-state index is 12.2. The fraction of sp³-hybridized carbons (Fsp3) is 0.294. The first-order valence-electron chi connectivity index (χ1n) is 7.67. The summed E-state index contributed by atoms with van der Waals surface area (Å²) in [5, 5.41) is 3.61. The molecule has 0 saturated carbocycles. The van der Waals surface area contributed by atoms with Crippen LogP contribution in [0, 0.1) is 0 Å². The Morgan fingerprint density at radius 2 is 2.04 bits per heavy atom. The first-order chi connectivity index (χ1) is 12.0. The second-order valence-corrected chi connectivity index (χ2v) is 6.37. The Balaban J connectivity index is 1.74. The van der Waals surface area contributed by atoms with E-state index in [4.69, 9.17) is 32.7 Å². The lowest BCUT2D eigenvalue weighted by molar-refractivity contribution is -0.142. The van der Waals surface area contributed by atoms with Crippen molar-refractivity contribution in [2.45, 2.75) is 12.6 Å². The van der Waals surface area contributed by atoms with Gasteiger partial charge >= 0.3 is 0 Å². The Hall–Kier alpha value is -1.86. The average Bonchev–Trinajstić information content (AvgIpc) is 2.62. The maximum Gasteiger partial charge on any atom is 0.255 e. The van der Waals surface area contributed by atoms with Crippen LogP contribution in [0.15, 0.2) is 41.3 Å². The van der Waals surface area contributed by atoms with E-state index in [2.05, 4.69) is 5.32 Å². The van der Waals surface area contributed by atoms with Gasteiger partial charge in [-0.05, 0) is 23.8 Å². The smallest absolute Gasteiger partial charge is 0.255 e. The number of nitrogens with one attached hydrogen (secondary N) is 1. The van der Waals surface area contributed by atoms with Gasteiger partial charge in [-0.25, -0.2) is 0 Å². The van der Waals surface area contributed by atoms with Crippen LogP contribution in [0.2, 0.25) is 10.0 Å². The van der Waals surface area contributed by atoms with Gasteiger partial charge in [-0.1, -0.05) is 29.3 Å². The number of amides is 1. The zero-order valence-corrected chi connectivity index (χ0v) is 14.7. The third-order valence-electron chi connectivity index (χ3n) is 3.70. The third kappa shape index (κ3) is 4.61. The number of anilines is 1. The molecule has 1 atom stereocenters. The summed E-state index contributed by atoms with van der Waals surface area (Å²) in [6.07, 6.45) is 0.927. The van der Waals surface area contributed by atoms with Crippen LogP contribution in [-0.4, -0.2) is 36.4 Å². The highest BCUT2D eigenvalue weighted by Gasteiger charge is 2.22. The molecule has 1 aromatic carbocycles. The number of halogens is 2. The Labute approximate surface area is 154 Å². The summed E-state index contributed by atoms with van der Waals surface area (Å²) in [5.41, 5.74) is 1.13. The first-order valence-corrected chi connectivity index (χ1v) is 8.43. The van der Waals surface area contributed by atoms with Gasteiger partial charge in [0.25, 0.3) is 11.5 Å². The summed E-state index contributed by atoms with van der Waals surface area (Å²) in [6, 6.07) is 8.12. The summed E-state index contributed by atoms with van der Waals surface area (Å²) < 4.78 is 12.1. The van der Waals surface area contributed by atoms with Gasteiger partial charge in [-0.3, -0.25) is 9.59 Å². The van der Waals surface area contributed by atoms with Crippen molar-refractivity contribution in [3.63, 3.8) is 0 Å². The third-order valence-corrected chi connectivity index (χ3v) is 4.44. The molecule has 6 nitrogen and oxygen atoms in total. The molecule has 0 bridgehead atoms. The molecule has 3 rings (SSSR count). The van der Waals surface area contributed by atoms with E-state index in [-0.39, 0.29) is 18.1 Å². The molecule has 1 aromatic heterocycles. The quantitative estimate of drug-likeness (QED) is 0.881. The number of hydrogen-bond donors (Lipinski definition) is 1. The van der Waals surface area contributed by atoms with E-state index in [0.29, 0.717) is 35.5 Å². The highest BCUT2D eigenvalue weighted by Crippen LogP contribution is 2.23. The Kier molecular flexibility index (Phi) is 5.75.